The fraction of sp³-hybridized carbons (Fsp3) is 1.00. The molecule has 0 saturated heterocycles. The van der Waals surface area contributed by atoms with E-state index in [1.54, 1.807) is 0 Å². The van der Waals surface area contributed by atoms with Crippen molar-refractivity contribution in [2.24, 2.45) is 34.5 Å². The molecule has 0 amide bonds. The van der Waals surface area contributed by atoms with Crippen molar-refractivity contribution in [3.63, 3.8) is 0 Å². The largest absolute Gasteiger partial charge is 0.391 e. The minimum atomic E-state index is -0.526. The summed E-state index contributed by atoms with van der Waals surface area (Å²) in [5, 5.41) is 22.8. The first-order valence-electron chi connectivity index (χ1n) is 11.1. The number of rotatable bonds is 4. The maximum atomic E-state index is 11.5. The number of aliphatic hydroxyl groups is 2. The van der Waals surface area contributed by atoms with Gasteiger partial charge in [-0.15, -0.1) is 0 Å². The fourth-order valence-corrected chi connectivity index (χ4v) is 8.17. The summed E-state index contributed by atoms with van der Waals surface area (Å²) in [5.74, 6) is 3.46. The van der Waals surface area contributed by atoms with Crippen molar-refractivity contribution in [1.82, 2.24) is 0 Å². The van der Waals surface area contributed by atoms with E-state index in [4.69, 9.17) is 5.11 Å². The van der Waals surface area contributed by atoms with Crippen LogP contribution in [0.15, 0.2) is 0 Å². The van der Waals surface area contributed by atoms with Gasteiger partial charge in [0.1, 0.15) is 12.1 Å². The van der Waals surface area contributed by atoms with Gasteiger partial charge < -0.3 is 15.5 Å². The molecule has 4 N–H and O–H groups in total. The Morgan fingerprint density at radius 2 is 1.72 bits per heavy atom. The van der Waals surface area contributed by atoms with E-state index in [2.05, 4.69) is 19.2 Å². The third kappa shape index (κ3) is 2.63. The average Bonchev–Trinajstić information content (AvgIpc) is 2.86. The molecule has 3 nitrogen and oxygen atoms in total. The summed E-state index contributed by atoms with van der Waals surface area (Å²) < 4.78 is 0. The van der Waals surface area contributed by atoms with Crippen LogP contribution < -0.4 is 5.32 Å². The number of aliphatic hydroxyl groups excluding tert-OH is 1. The molecule has 0 bridgehead atoms. The van der Waals surface area contributed by atoms with Crippen LogP contribution in [0.5, 0.6) is 0 Å². The molecular formula is C22H40NO2+. The predicted molar refractivity (Wildman–Crippen MR) is 100 cm³/mol. The maximum absolute atomic E-state index is 11.5. The summed E-state index contributed by atoms with van der Waals surface area (Å²) in [6.07, 6.45) is 13.4. The first kappa shape index (κ1) is 18.3. The highest BCUT2D eigenvalue weighted by atomic mass is 16.3. The van der Waals surface area contributed by atoms with E-state index in [0.29, 0.717) is 5.41 Å². The van der Waals surface area contributed by atoms with Gasteiger partial charge in [-0.3, -0.25) is 0 Å². The highest BCUT2D eigenvalue weighted by molar-refractivity contribution is 5.13. The molecule has 4 aliphatic carbocycles. The summed E-state index contributed by atoms with van der Waals surface area (Å²) in [5.41, 5.74) is 0.159. The highest BCUT2D eigenvalue weighted by Gasteiger charge is 2.64. The second-order valence-corrected chi connectivity index (χ2v) is 10.4. The minimum Gasteiger partial charge on any atom is -0.391 e. The Hall–Kier alpha value is -0.120. The lowest BCUT2D eigenvalue weighted by Gasteiger charge is -2.61. The van der Waals surface area contributed by atoms with Crippen LogP contribution in [0.4, 0.5) is 0 Å². The van der Waals surface area contributed by atoms with Gasteiger partial charge in [-0.1, -0.05) is 26.7 Å². The van der Waals surface area contributed by atoms with E-state index in [1.807, 2.05) is 0 Å². The molecule has 0 radical (unpaired) electrons. The Bertz CT molecular complexity index is 496. The number of nitrogens with two attached hydrogens (primary N) is 1. The monoisotopic (exact) mass is 350 g/mol. The van der Waals surface area contributed by atoms with Crippen LogP contribution in [0, 0.1) is 34.5 Å². The molecular weight excluding hydrogens is 310 g/mol. The van der Waals surface area contributed by atoms with Crippen molar-refractivity contribution < 1.29 is 15.5 Å². The van der Waals surface area contributed by atoms with Crippen molar-refractivity contribution in [2.45, 2.75) is 83.7 Å². The zero-order chi connectivity index (χ0) is 17.7. The Morgan fingerprint density at radius 3 is 2.52 bits per heavy atom. The second-order valence-electron chi connectivity index (χ2n) is 10.4. The highest BCUT2D eigenvalue weighted by Crippen LogP contribution is 2.67. The summed E-state index contributed by atoms with van der Waals surface area (Å²) in [4.78, 5) is 0. The van der Waals surface area contributed by atoms with Gasteiger partial charge >= 0.3 is 0 Å². The van der Waals surface area contributed by atoms with E-state index in [9.17, 15) is 5.11 Å². The van der Waals surface area contributed by atoms with Gasteiger partial charge in [0.25, 0.3) is 0 Å². The molecule has 0 heterocycles. The van der Waals surface area contributed by atoms with Crippen molar-refractivity contribution in [1.29, 1.82) is 0 Å². The Morgan fingerprint density at radius 1 is 0.920 bits per heavy atom. The van der Waals surface area contributed by atoms with E-state index < -0.39 is 5.60 Å². The van der Waals surface area contributed by atoms with Crippen LogP contribution in [0.1, 0.15) is 78.1 Å². The molecule has 0 aromatic carbocycles. The predicted octanol–water partition coefficient (Wildman–Crippen LogP) is 2.71. The summed E-state index contributed by atoms with van der Waals surface area (Å²) in [6.45, 7) is 6.74. The van der Waals surface area contributed by atoms with Crippen LogP contribution in [0.2, 0.25) is 0 Å². The molecule has 0 unspecified atom stereocenters. The first-order chi connectivity index (χ1) is 11.9. The third-order valence-electron chi connectivity index (χ3n) is 9.72. The minimum absolute atomic E-state index is 0.0952. The molecule has 144 valence electrons. The van der Waals surface area contributed by atoms with Crippen LogP contribution in [0.3, 0.4) is 0 Å². The van der Waals surface area contributed by atoms with Gasteiger partial charge in [0.05, 0.1) is 13.2 Å². The van der Waals surface area contributed by atoms with Crippen molar-refractivity contribution in [3.05, 3.63) is 0 Å². The van der Waals surface area contributed by atoms with E-state index in [0.717, 1.165) is 43.2 Å². The van der Waals surface area contributed by atoms with Gasteiger partial charge in [0, 0.05) is 5.41 Å². The van der Waals surface area contributed by atoms with Gasteiger partial charge in [0.2, 0.25) is 0 Å². The third-order valence-corrected chi connectivity index (χ3v) is 9.72. The lowest BCUT2D eigenvalue weighted by molar-refractivity contribution is -0.671. The smallest absolute Gasteiger partial charge is 0.119 e. The molecule has 25 heavy (non-hydrogen) atoms. The van der Waals surface area contributed by atoms with E-state index in [1.165, 1.54) is 57.8 Å². The average molecular weight is 351 g/mol. The summed E-state index contributed by atoms with van der Waals surface area (Å²) in [7, 11) is 0. The van der Waals surface area contributed by atoms with Gasteiger partial charge in [0.15, 0.2) is 0 Å². The molecule has 4 rings (SSSR count). The molecule has 4 aliphatic rings. The van der Waals surface area contributed by atoms with Gasteiger partial charge in [-0.05, 0) is 80.5 Å². The normalized spacial score (nSPS) is 52.3. The van der Waals surface area contributed by atoms with Crippen LogP contribution in [-0.4, -0.2) is 35.5 Å². The summed E-state index contributed by atoms with van der Waals surface area (Å²) in [6, 6.07) is 0. The molecule has 4 saturated carbocycles. The van der Waals surface area contributed by atoms with Crippen molar-refractivity contribution in [3.8, 4) is 0 Å². The molecule has 3 heteroatoms. The molecule has 0 aliphatic heterocycles. The quantitative estimate of drug-likeness (QED) is 0.683. The van der Waals surface area contributed by atoms with E-state index >= 15 is 0 Å². The molecule has 0 spiro atoms. The molecule has 4 fully saturated rings. The maximum Gasteiger partial charge on any atom is 0.119 e. The molecule has 0 aromatic rings. The Labute approximate surface area is 154 Å². The Kier molecular flexibility index (Phi) is 4.74. The number of quaternary nitrogens is 1. The van der Waals surface area contributed by atoms with Crippen molar-refractivity contribution >= 4 is 0 Å². The number of hydrogen-bond acceptors (Lipinski definition) is 2. The zero-order valence-electron chi connectivity index (χ0n) is 16.5. The summed E-state index contributed by atoms with van der Waals surface area (Å²) >= 11 is 0. The zero-order valence-corrected chi connectivity index (χ0v) is 16.5. The number of fused-ring (bicyclic) bond motifs is 5. The second kappa shape index (κ2) is 6.49. The van der Waals surface area contributed by atoms with Crippen LogP contribution in [0.25, 0.3) is 0 Å². The van der Waals surface area contributed by atoms with Gasteiger partial charge in [-0.25, -0.2) is 0 Å². The SMILES string of the molecule is C[C@@]12CCCC[C@@H]1CC[C@H]1[C@H]3CC[C@@](O)(C[NH2+]CCO)[C@]3(C)CC[C@@H]12. The van der Waals surface area contributed by atoms with E-state index in [-0.39, 0.29) is 12.0 Å². The van der Waals surface area contributed by atoms with Gasteiger partial charge in [-0.2, -0.15) is 0 Å². The van der Waals surface area contributed by atoms with Crippen molar-refractivity contribution in [2.75, 3.05) is 19.7 Å². The lowest BCUT2D eigenvalue weighted by Crippen LogP contribution is -2.90. The lowest BCUT2D eigenvalue weighted by atomic mass is 9.44. The molecule has 7 atom stereocenters. The molecule has 0 aromatic heterocycles. The van der Waals surface area contributed by atoms with Crippen LogP contribution in [-0.2, 0) is 0 Å². The standard InChI is InChI=1S/C22H39NO2/c1-20-10-4-3-5-16(20)6-7-17-18(20)8-11-21(2)19(17)9-12-22(21,25)15-23-13-14-24/h16-19,23-25H,3-15H2,1-2H3/p+1/t16-,17-,18+,19-,20-,21-,22-/m1/s1. The first-order valence-corrected chi connectivity index (χ1v) is 11.1. The topological polar surface area (TPSA) is 57.1 Å². The fourth-order valence-electron chi connectivity index (χ4n) is 8.17. The van der Waals surface area contributed by atoms with Crippen LogP contribution >= 0.6 is 0 Å². The number of hydrogen-bond donors (Lipinski definition) is 3. The Balaban J connectivity index is 1.55.